The summed E-state index contributed by atoms with van der Waals surface area (Å²) in [6.45, 7) is 10.3. The molecule has 1 fully saturated rings. The highest BCUT2D eigenvalue weighted by Crippen LogP contribution is 2.45. The van der Waals surface area contributed by atoms with Gasteiger partial charge in [-0.3, -0.25) is 4.57 Å². The third kappa shape index (κ3) is 6.70. The number of ether oxygens (including phenoxy) is 2. The predicted octanol–water partition coefficient (Wildman–Crippen LogP) is 7.08. The molecule has 9 nitrogen and oxygen atoms in total. The fraction of sp³-hybridized carbons (Fsp3) is 0.444. The second-order valence-corrected chi connectivity index (χ2v) is 19.8. The Bertz CT molecular complexity index is 1590. The van der Waals surface area contributed by atoms with Crippen molar-refractivity contribution in [3.8, 4) is 0 Å². The van der Waals surface area contributed by atoms with Crippen molar-refractivity contribution < 1.29 is 14.3 Å². The largest absolute Gasteiger partial charge is 0.461 e. The van der Waals surface area contributed by atoms with Crippen LogP contribution in [0.1, 0.15) is 41.7 Å². The molecule has 0 radical (unpaired) electrons. The predicted molar refractivity (Wildman–Crippen MR) is 167 cm³/mol. The van der Waals surface area contributed by atoms with E-state index in [2.05, 4.69) is 67.5 Å². The van der Waals surface area contributed by atoms with Gasteiger partial charge in [-0.2, -0.15) is 4.99 Å². The molecule has 0 unspecified atom stereocenters. The van der Waals surface area contributed by atoms with Crippen molar-refractivity contribution in [2.75, 3.05) is 25.2 Å². The SMILES string of the molecule is CCOC(=O)c1nc(N(C)c2cc(C3CC3)c(N=c3sc4ccccc4n3COCC[Si](C)(C)C)nn2)sc1Br. The van der Waals surface area contributed by atoms with Crippen LogP contribution >= 0.6 is 38.6 Å². The molecule has 0 N–H and O–H groups in total. The molecular formula is C27H33BrN6O3S2Si. The minimum Gasteiger partial charge on any atom is -0.461 e. The van der Waals surface area contributed by atoms with Gasteiger partial charge in [0.15, 0.2) is 27.3 Å². The molecular weight excluding hydrogens is 628 g/mol. The van der Waals surface area contributed by atoms with E-state index in [0.717, 1.165) is 46.1 Å². The second kappa shape index (κ2) is 12.2. The van der Waals surface area contributed by atoms with Crippen LogP contribution in [-0.2, 0) is 16.2 Å². The number of aromatic nitrogens is 4. The van der Waals surface area contributed by atoms with Crippen molar-refractivity contribution in [2.24, 2.45) is 4.99 Å². The van der Waals surface area contributed by atoms with Crippen molar-refractivity contribution in [1.82, 2.24) is 19.7 Å². The van der Waals surface area contributed by atoms with Gasteiger partial charge in [0.2, 0.25) is 0 Å². The number of halogens is 1. The van der Waals surface area contributed by atoms with Gasteiger partial charge in [-0.25, -0.2) is 9.78 Å². The Morgan fingerprint density at radius 3 is 2.73 bits per heavy atom. The van der Waals surface area contributed by atoms with Crippen molar-refractivity contribution in [3.63, 3.8) is 0 Å². The number of hydrogen-bond acceptors (Lipinski definition) is 10. The molecule has 212 valence electrons. The summed E-state index contributed by atoms with van der Waals surface area (Å²) in [5, 5.41) is 9.72. The number of para-hydroxylation sites is 1. The van der Waals surface area contributed by atoms with Crippen molar-refractivity contribution in [1.29, 1.82) is 0 Å². The van der Waals surface area contributed by atoms with E-state index in [9.17, 15) is 4.79 Å². The molecule has 0 spiro atoms. The number of carbonyl (C=O) groups excluding carboxylic acids is 1. The summed E-state index contributed by atoms with van der Waals surface area (Å²) >= 11 is 6.43. The zero-order chi connectivity index (χ0) is 28.4. The maximum atomic E-state index is 12.3. The average Bonchev–Trinajstić information content (AvgIpc) is 3.60. The molecule has 1 aliphatic carbocycles. The molecule has 0 saturated heterocycles. The molecule has 1 aromatic carbocycles. The molecule has 3 aromatic heterocycles. The molecule has 0 bridgehead atoms. The van der Waals surface area contributed by atoms with Crippen LogP contribution in [0.2, 0.25) is 25.7 Å². The van der Waals surface area contributed by atoms with Gasteiger partial charge in [0.1, 0.15) is 10.5 Å². The van der Waals surface area contributed by atoms with Gasteiger partial charge in [0.25, 0.3) is 0 Å². The first kappa shape index (κ1) is 29.1. The number of anilines is 2. The highest BCUT2D eigenvalue weighted by Gasteiger charge is 2.29. The topological polar surface area (TPSA) is 94.7 Å². The van der Waals surface area contributed by atoms with Crippen LogP contribution in [0.5, 0.6) is 0 Å². The number of carbonyl (C=O) groups is 1. The number of hydrogen-bond donors (Lipinski definition) is 0. The maximum absolute atomic E-state index is 12.3. The van der Waals surface area contributed by atoms with E-state index in [4.69, 9.17) is 14.5 Å². The molecule has 0 amide bonds. The van der Waals surface area contributed by atoms with E-state index in [1.165, 1.54) is 11.3 Å². The van der Waals surface area contributed by atoms with Crippen LogP contribution in [0.3, 0.4) is 0 Å². The van der Waals surface area contributed by atoms with Gasteiger partial charge in [0, 0.05) is 27.3 Å². The number of esters is 1. The zero-order valence-corrected chi connectivity index (χ0v) is 27.5. The number of nitrogens with zero attached hydrogens (tertiary/aromatic N) is 6. The van der Waals surface area contributed by atoms with Gasteiger partial charge in [0.05, 0.1) is 16.8 Å². The molecule has 4 aromatic rings. The van der Waals surface area contributed by atoms with Crippen LogP contribution in [0.15, 0.2) is 39.1 Å². The molecule has 0 atom stereocenters. The van der Waals surface area contributed by atoms with Crippen LogP contribution in [-0.4, -0.2) is 54.1 Å². The first-order valence-electron chi connectivity index (χ1n) is 13.3. The van der Waals surface area contributed by atoms with Crippen LogP contribution < -0.4 is 9.70 Å². The lowest BCUT2D eigenvalue weighted by atomic mass is 10.2. The first-order valence-corrected chi connectivity index (χ1v) is 19.4. The van der Waals surface area contributed by atoms with Gasteiger partial charge >= 0.3 is 5.97 Å². The Morgan fingerprint density at radius 2 is 2.00 bits per heavy atom. The zero-order valence-electron chi connectivity index (χ0n) is 23.3. The van der Waals surface area contributed by atoms with E-state index in [1.807, 2.05) is 30.1 Å². The summed E-state index contributed by atoms with van der Waals surface area (Å²) in [6.07, 6.45) is 2.19. The summed E-state index contributed by atoms with van der Waals surface area (Å²) in [6, 6.07) is 11.5. The second-order valence-electron chi connectivity index (χ2n) is 10.9. The summed E-state index contributed by atoms with van der Waals surface area (Å²) in [5.41, 5.74) is 2.43. The minimum atomic E-state index is -1.18. The Kier molecular flexibility index (Phi) is 8.85. The normalized spacial score (nSPS) is 14.2. The maximum Gasteiger partial charge on any atom is 0.359 e. The summed E-state index contributed by atoms with van der Waals surface area (Å²) in [4.78, 5) is 24.5. The fourth-order valence-corrected chi connectivity index (χ4v) is 7.26. The van der Waals surface area contributed by atoms with Crippen molar-refractivity contribution >= 4 is 79.6 Å². The van der Waals surface area contributed by atoms with Gasteiger partial charge in [-0.1, -0.05) is 54.4 Å². The fourth-order valence-electron chi connectivity index (χ4n) is 4.05. The molecule has 1 saturated carbocycles. The Morgan fingerprint density at radius 1 is 1.23 bits per heavy atom. The first-order chi connectivity index (χ1) is 19.1. The standard InChI is InChI=1S/C27H33BrN6O3S2Si/c1-6-37-25(35)22-23(28)39-26(29-22)33(2)21-15-18(17-11-12-17)24(32-31-21)30-27-34(16-36-13-14-40(3,4)5)19-9-7-8-10-20(19)38-27/h7-10,15,17H,6,11-14,16H2,1-5H3. The lowest BCUT2D eigenvalue weighted by molar-refractivity contribution is 0.0519. The van der Waals surface area contributed by atoms with Crippen molar-refractivity contribution in [2.45, 2.75) is 58.1 Å². The lowest BCUT2D eigenvalue weighted by Gasteiger charge is -2.16. The Hall–Kier alpha value is -2.45. The third-order valence-electron chi connectivity index (χ3n) is 6.49. The highest BCUT2D eigenvalue weighted by atomic mass is 79.9. The van der Waals surface area contributed by atoms with Crippen LogP contribution in [0.25, 0.3) is 10.2 Å². The third-order valence-corrected chi connectivity index (χ3v) is 11.0. The molecule has 0 aliphatic heterocycles. The monoisotopic (exact) mass is 660 g/mol. The molecule has 3 heterocycles. The van der Waals surface area contributed by atoms with E-state index in [0.29, 0.717) is 39.8 Å². The van der Waals surface area contributed by atoms with Crippen molar-refractivity contribution in [3.05, 3.63) is 50.2 Å². The average molecular weight is 662 g/mol. The number of thiazole rings is 2. The Balaban J connectivity index is 1.47. The lowest BCUT2D eigenvalue weighted by Crippen LogP contribution is -2.23. The summed E-state index contributed by atoms with van der Waals surface area (Å²) in [7, 11) is 0.692. The van der Waals surface area contributed by atoms with Crippen LogP contribution in [0.4, 0.5) is 16.8 Å². The van der Waals surface area contributed by atoms with Gasteiger partial charge in [-0.05, 0) is 65.9 Å². The van der Waals surface area contributed by atoms with Crippen LogP contribution in [0, 0.1) is 0 Å². The molecule has 1 aliphatic rings. The molecule has 5 rings (SSSR count). The molecule has 40 heavy (non-hydrogen) atoms. The number of benzene rings is 1. The van der Waals surface area contributed by atoms with Gasteiger partial charge in [-0.15, -0.1) is 10.2 Å². The summed E-state index contributed by atoms with van der Waals surface area (Å²) in [5.74, 6) is 1.23. The van der Waals surface area contributed by atoms with Gasteiger partial charge < -0.3 is 14.4 Å². The van der Waals surface area contributed by atoms with E-state index in [1.54, 1.807) is 18.3 Å². The highest BCUT2D eigenvalue weighted by molar-refractivity contribution is 9.11. The van der Waals surface area contributed by atoms with E-state index in [-0.39, 0.29) is 5.69 Å². The number of fused-ring (bicyclic) bond motifs is 1. The van der Waals surface area contributed by atoms with E-state index >= 15 is 0 Å². The minimum absolute atomic E-state index is 0.261. The smallest absolute Gasteiger partial charge is 0.359 e. The molecule has 13 heteroatoms. The van der Waals surface area contributed by atoms with E-state index < -0.39 is 14.0 Å². The number of rotatable bonds is 11. The quantitative estimate of drug-likeness (QED) is 0.0964. The Labute approximate surface area is 251 Å². The summed E-state index contributed by atoms with van der Waals surface area (Å²) < 4.78 is 15.2.